The molecule has 1 atom stereocenters. The van der Waals surface area contributed by atoms with Gasteiger partial charge in [-0.05, 0) is 16.6 Å². The Morgan fingerprint density at radius 1 is 1.00 bits per heavy atom. The molecular formula is C10H23OSi. The fraction of sp³-hybridized carbons (Fsp3) is 1.00. The maximum absolute atomic E-state index is 12.6. The van der Waals surface area contributed by atoms with E-state index in [1.54, 1.807) is 0 Å². The summed E-state index contributed by atoms with van der Waals surface area (Å²) in [5, 5.41) is 0. The molecule has 0 fully saturated rings. The summed E-state index contributed by atoms with van der Waals surface area (Å²) in [4.78, 5) is 12.6. The zero-order valence-electron chi connectivity index (χ0n) is 9.35. The van der Waals surface area contributed by atoms with E-state index in [0.29, 0.717) is 16.6 Å². The van der Waals surface area contributed by atoms with Crippen LogP contribution in [-0.2, 0) is 4.80 Å². The minimum absolute atomic E-state index is 0.368. The summed E-state index contributed by atoms with van der Waals surface area (Å²) < 4.78 is 0. The summed E-state index contributed by atoms with van der Waals surface area (Å²) >= 11 is 0. The molecule has 1 nitrogen and oxygen atoms in total. The Bertz CT molecular complexity index is 124. The monoisotopic (exact) mass is 187 g/mol. The molecule has 1 unspecified atom stereocenters. The first-order valence-corrected chi connectivity index (χ1v) is 7.21. The van der Waals surface area contributed by atoms with E-state index in [9.17, 15) is 4.80 Å². The molecule has 1 radical (unpaired) electrons. The van der Waals surface area contributed by atoms with Crippen LogP contribution in [0.25, 0.3) is 0 Å². The molecule has 0 aromatic carbocycles. The van der Waals surface area contributed by atoms with Crippen LogP contribution in [-0.4, -0.2) is 8.32 Å². The highest BCUT2D eigenvalue weighted by molar-refractivity contribution is 6.76. The molecule has 0 saturated carbocycles. The topological polar surface area (TPSA) is 19.9 Å². The Morgan fingerprint density at radius 3 is 1.42 bits per heavy atom. The van der Waals surface area contributed by atoms with Crippen LogP contribution in [0.4, 0.5) is 0 Å². The second-order valence-corrected chi connectivity index (χ2v) is 9.47. The van der Waals surface area contributed by atoms with Gasteiger partial charge in [0.1, 0.15) is 0 Å². The third-order valence-electron chi connectivity index (χ3n) is 3.19. The van der Waals surface area contributed by atoms with Gasteiger partial charge in [-0.25, -0.2) is 0 Å². The van der Waals surface area contributed by atoms with Crippen molar-refractivity contribution in [1.29, 1.82) is 0 Å². The lowest BCUT2D eigenvalue weighted by Crippen LogP contribution is -2.43. The molecule has 73 valence electrons. The molecule has 0 bridgehead atoms. The number of rotatable bonds is 4. The highest BCUT2D eigenvalue weighted by Gasteiger charge is 2.45. The Balaban J connectivity index is 4.61. The van der Waals surface area contributed by atoms with Gasteiger partial charge in [0.2, 0.25) is 8.32 Å². The van der Waals surface area contributed by atoms with Crippen LogP contribution in [0.2, 0.25) is 16.6 Å². The van der Waals surface area contributed by atoms with Crippen LogP contribution < -0.4 is 0 Å². The van der Waals surface area contributed by atoms with Gasteiger partial charge in [-0.3, -0.25) is 4.80 Å². The van der Waals surface area contributed by atoms with Crippen LogP contribution >= 0.6 is 0 Å². The first-order chi connectivity index (χ1) is 5.37. The average molecular weight is 187 g/mol. The molecule has 0 aromatic rings. The number of hydrogen-bond donors (Lipinski definition) is 0. The van der Waals surface area contributed by atoms with Crippen molar-refractivity contribution in [3.05, 3.63) is 0 Å². The van der Waals surface area contributed by atoms with Crippen molar-refractivity contribution in [2.24, 2.45) is 0 Å². The molecular weight excluding hydrogens is 164 g/mol. The summed E-state index contributed by atoms with van der Waals surface area (Å²) in [5.74, 6) is 0. The number of hydrogen-bond acceptors (Lipinski definition) is 0. The van der Waals surface area contributed by atoms with Gasteiger partial charge in [-0.15, -0.1) is 0 Å². The van der Waals surface area contributed by atoms with Crippen LogP contribution in [0, 0.1) is 0 Å². The highest BCUT2D eigenvalue weighted by Crippen LogP contribution is 2.41. The third-order valence-corrected chi connectivity index (χ3v) is 8.75. The van der Waals surface area contributed by atoms with Crippen molar-refractivity contribution >= 4 is 8.32 Å². The van der Waals surface area contributed by atoms with Crippen molar-refractivity contribution in [3.8, 4) is 0 Å². The molecule has 0 aliphatic rings. The summed E-state index contributed by atoms with van der Waals surface area (Å²) in [6.07, 6.45) is 1.05. The van der Waals surface area contributed by atoms with Crippen molar-refractivity contribution in [2.45, 2.75) is 64.6 Å². The molecule has 0 heterocycles. The van der Waals surface area contributed by atoms with Gasteiger partial charge in [0.25, 0.3) is 0 Å². The quantitative estimate of drug-likeness (QED) is 0.593. The molecule has 0 rings (SSSR count). The largest absolute Gasteiger partial charge is 0.297 e. The summed E-state index contributed by atoms with van der Waals surface area (Å²) in [6, 6.07) is 0. The fourth-order valence-electron chi connectivity index (χ4n) is 2.12. The zero-order chi connectivity index (χ0) is 9.94. The van der Waals surface area contributed by atoms with Crippen molar-refractivity contribution in [1.82, 2.24) is 0 Å². The minimum atomic E-state index is -2.26. The predicted octanol–water partition coefficient (Wildman–Crippen LogP) is 3.98. The Hall–Kier alpha value is 0.177. The highest BCUT2D eigenvalue weighted by atomic mass is 28.4. The van der Waals surface area contributed by atoms with E-state index in [2.05, 4.69) is 41.5 Å². The van der Waals surface area contributed by atoms with Gasteiger partial charge in [0.05, 0.1) is 0 Å². The SMILES string of the molecule is CCC(C)[Si]([O])(C(C)C)C(C)C. The maximum atomic E-state index is 12.6. The van der Waals surface area contributed by atoms with Crippen molar-refractivity contribution in [2.75, 3.05) is 0 Å². The van der Waals surface area contributed by atoms with Crippen LogP contribution in [0.5, 0.6) is 0 Å². The summed E-state index contributed by atoms with van der Waals surface area (Å²) in [5.41, 5.74) is 1.15. The van der Waals surface area contributed by atoms with Gasteiger partial charge in [-0.2, -0.15) is 0 Å². The Labute approximate surface area is 78.3 Å². The molecule has 0 aliphatic carbocycles. The average Bonchev–Trinajstić information content (AvgIpc) is 2.00. The van der Waals surface area contributed by atoms with E-state index in [-0.39, 0.29) is 0 Å². The molecule has 2 heteroatoms. The smallest absolute Gasteiger partial charge is 0.245 e. The van der Waals surface area contributed by atoms with Crippen molar-refractivity contribution in [3.63, 3.8) is 0 Å². The Morgan fingerprint density at radius 2 is 1.33 bits per heavy atom. The lowest BCUT2D eigenvalue weighted by molar-refractivity contribution is 0.369. The predicted molar refractivity (Wildman–Crippen MR) is 56.4 cm³/mol. The molecule has 0 spiro atoms. The van der Waals surface area contributed by atoms with Gasteiger partial charge >= 0.3 is 0 Å². The maximum Gasteiger partial charge on any atom is 0.245 e. The molecule has 0 aromatic heterocycles. The molecule has 0 amide bonds. The fourth-order valence-corrected chi connectivity index (χ4v) is 6.37. The third kappa shape index (κ3) is 2.11. The van der Waals surface area contributed by atoms with Gasteiger partial charge < -0.3 is 0 Å². The van der Waals surface area contributed by atoms with Crippen LogP contribution in [0.15, 0.2) is 0 Å². The van der Waals surface area contributed by atoms with E-state index >= 15 is 0 Å². The Kier molecular flexibility index (Phi) is 4.49. The van der Waals surface area contributed by atoms with Crippen LogP contribution in [0.1, 0.15) is 48.0 Å². The molecule has 0 N–H and O–H groups in total. The first kappa shape index (κ1) is 12.2. The van der Waals surface area contributed by atoms with Gasteiger partial charge in [-0.1, -0.05) is 48.0 Å². The van der Waals surface area contributed by atoms with Gasteiger partial charge in [0.15, 0.2) is 0 Å². The van der Waals surface area contributed by atoms with E-state index < -0.39 is 8.32 Å². The normalized spacial score (nSPS) is 15.8. The van der Waals surface area contributed by atoms with Crippen LogP contribution in [0.3, 0.4) is 0 Å². The van der Waals surface area contributed by atoms with E-state index in [4.69, 9.17) is 0 Å². The summed E-state index contributed by atoms with van der Waals surface area (Å²) in [7, 11) is -2.26. The van der Waals surface area contributed by atoms with E-state index in [0.717, 1.165) is 6.42 Å². The minimum Gasteiger partial charge on any atom is -0.297 e. The lowest BCUT2D eigenvalue weighted by atomic mass is 10.4. The van der Waals surface area contributed by atoms with E-state index in [1.165, 1.54) is 0 Å². The van der Waals surface area contributed by atoms with Gasteiger partial charge in [0, 0.05) is 0 Å². The molecule has 12 heavy (non-hydrogen) atoms. The lowest BCUT2D eigenvalue weighted by Gasteiger charge is -2.35. The zero-order valence-corrected chi connectivity index (χ0v) is 10.3. The first-order valence-electron chi connectivity index (χ1n) is 5.07. The summed E-state index contributed by atoms with van der Waals surface area (Å²) in [6.45, 7) is 12.7. The second-order valence-electron chi connectivity index (χ2n) is 4.47. The standard InChI is InChI=1S/C10H23OSi/c1-7-10(6)12(11,8(2)3)9(4)5/h8-10H,7H2,1-6H3. The van der Waals surface area contributed by atoms with Crippen molar-refractivity contribution < 1.29 is 4.80 Å². The van der Waals surface area contributed by atoms with E-state index in [1.807, 2.05) is 0 Å². The molecule has 0 saturated heterocycles. The molecule has 0 aliphatic heterocycles. The second kappa shape index (κ2) is 4.42.